The van der Waals surface area contributed by atoms with Crippen molar-refractivity contribution in [2.75, 3.05) is 32.7 Å². The molecule has 4 nitrogen and oxygen atoms in total. The fourth-order valence-electron chi connectivity index (χ4n) is 2.64. The van der Waals surface area contributed by atoms with Crippen molar-refractivity contribution >= 4 is 5.91 Å². The van der Waals surface area contributed by atoms with Crippen molar-refractivity contribution in [1.82, 2.24) is 15.1 Å². The molecular formula is C16H25N3O. The summed E-state index contributed by atoms with van der Waals surface area (Å²) in [4.78, 5) is 16.9. The van der Waals surface area contributed by atoms with Gasteiger partial charge in [0.2, 0.25) is 5.91 Å². The van der Waals surface area contributed by atoms with Crippen molar-refractivity contribution in [3.05, 3.63) is 35.9 Å². The van der Waals surface area contributed by atoms with Crippen LogP contribution in [0.5, 0.6) is 0 Å². The summed E-state index contributed by atoms with van der Waals surface area (Å²) in [7, 11) is 0. The number of carbonyl (C=O) groups is 1. The standard InChI is InChI=1S/C16H25N3O/c1-3-18(13-15-7-5-4-6-8-15)16(20)14(2)19-11-9-17-10-12-19/h4-8,14,17H,3,9-13H2,1-2H3. The Balaban J connectivity index is 1.97. The Kier molecular flexibility index (Phi) is 5.56. The molecular weight excluding hydrogens is 250 g/mol. The van der Waals surface area contributed by atoms with Gasteiger partial charge >= 0.3 is 0 Å². The van der Waals surface area contributed by atoms with Gasteiger partial charge in [0.15, 0.2) is 0 Å². The maximum absolute atomic E-state index is 12.6. The molecule has 0 spiro atoms. The first-order chi connectivity index (χ1) is 9.72. The van der Waals surface area contributed by atoms with Gasteiger partial charge in [0.1, 0.15) is 0 Å². The highest BCUT2D eigenvalue weighted by molar-refractivity contribution is 5.81. The molecule has 1 atom stereocenters. The number of nitrogens with zero attached hydrogens (tertiary/aromatic N) is 2. The second kappa shape index (κ2) is 7.41. The highest BCUT2D eigenvalue weighted by Gasteiger charge is 2.26. The number of amides is 1. The van der Waals surface area contributed by atoms with Crippen molar-refractivity contribution < 1.29 is 4.79 Å². The summed E-state index contributed by atoms with van der Waals surface area (Å²) in [6.07, 6.45) is 0. The van der Waals surface area contributed by atoms with Crippen molar-refractivity contribution in [3.63, 3.8) is 0 Å². The van der Waals surface area contributed by atoms with Gasteiger partial charge in [-0.15, -0.1) is 0 Å². The Labute approximate surface area is 121 Å². The van der Waals surface area contributed by atoms with E-state index >= 15 is 0 Å². The first kappa shape index (κ1) is 15.0. The van der Waals surface area contributed by atoms with Crippen LogP contribution in [0.1, 0.15) is 19.4 Å². The van der Waals surface area contributed by atoms with E-state index in [9.17, 15) is 4.79 Å². The minimum Gasteiger partial charge on any atom is -0.337 e. The maximum Gasteiger partial charge on any atom is 0.239 e. The number of carbonyl (C=O) groups excluding carboxylic acids is 1. The molecule has 1 heterocycles. The molecule has 1 fully saturated rings. The van der Waals surface area contributed by atoms with E-state index in [4.69, 9.17) is 0 Å². The molecule has 4 heteroatoms. The largest absolute Gasteiger partial charge is 0.337 e. The molecule has 20 heavy (non-hydrogen) atoms. The van der Waals surface area contributed by atoms with Crippen LogP contribution in [0.15, 0.2) is 30.3 Å². The molecule has 0 aromatic heterocycles. The normalized spacial score (nSPS) is 17.7. The Morgan fingerprint density at radius 2 is 1.95 bits per heavy atom. The molecule has 110 valence electrons. The van der Waals surface area contributed by atoms with Gasteiger partial charge in [0.05, 0.1) is 6.04 Å². The third kappa shape index (κ3) is 3.81. The van der Waals surface area contributed by atoms with E-state index in [0.29, 0.717) is 6.54 Å². The van der Waals surface area contributed by atoms with Crippen LogP contribution in [-0.4, -0.2) is 54.5 Å². The summed E-state index contributed by atoms with van der Waals surface area (Å²) in [5.41, 5.74) is 1.19. The van der Waals surface area contributed by atoms with Crippen molar-refractivity contribution in [3.8, 4) is 0 Å². The van der Waals surface area contributed by atoms with E-state index in [1.54, 1.807) is 0 Å². The summed E-state index contributed by atoms with van der Waals surface area (Å²) in [6.45, 7) is 9.39. The summed E-state index contributed by atoms with van der Waals surface area (Å²) in [5, 5.41) is 3.32. The highest BCUT2D eigenvalue weighted by atomic mass is 16.2. The van der Waals surface area contributed by atoms with Crippen LogP contribution in [0.4, 0.5) is 0 Å². The fourth-order valence-corrected chi connectivity index (χ4v) is 2.64. The average Bonchev–Trinajstić information content (AvgIpc) is 2.53. The lowest BCUT2D eigenvalue weighted by atomic mass is 10.1. The lowest BCUT2D eigenvalue weighted by Gasteiger charge is -2.34. The number of hydrogen-bond donors (Lipinski definition) is 1. The fraction of sp³-hybridized carbons (Fsp3) is 0.562. The van der Waals surface area contributed by atoms with Crippen molar-refractivity contribution in [2.45, 2.75) is 26.4 Å². The minimum atomic E-state index is -0.0271. The Hall–Kier alpha value is -1.39. The number of nitrogens with one attached hydrogen (secondary N) is 1. The summed E-state index contributed by atoms with van der Waals surface area (Å²) in [5.74, 6) is 0.234. The lowest BCUT2D eigenvalue weighted by Crippen LogP contribution is -2.53. The van der Waals surface area contributed by atoms with Crippen LogP contribution in [-0.2, 0) is 11.3 Å². The molecule has 1 aromatic carbocycles. The van der Waals surface area contributed by atoms with Gasteiger partial charge in [0.25, 0.3) is 0 Å². The third-order valence-electron chi connectivity index (χ3n) is 3.97. The molecule has 0 saturated carbocycles. The molecule has 1 N–H and O–H groups in total. The average molecular weight is 275 g/mol. The SMILES string of the molecule is CCN(Cc1ccccc1)C(=O)C(C)N1CCNCC1. The smallest absolute Gasteiger partial charge is 0.239 e. The van der Waals surface area contributed by atoms with Gasteiger partial charge < -0.3 is 10.2 Å². The molecule has 1 aromatic rings. The molecule has 0 aliphatic carbocycles. The van der Waals surface area contributed by atoms with Gasteiger partial charge in [-0.1, -0.05) is 30.3 Å². The zero-order valence-electron chi connectivity index (χ0n) is 12.5. The monoisotopic (exact) mass is 275 g/mol. The molecule has 1 saturated heterocycles. The van der Waals surface area contributed by atoms with Crippen LogP contribution in [0, 0.1) is 0 Å². The number of rotatable bonds is 5. The van der Waals surface area contributed by atoms with Crippen LogP contribution >= 0.6 is 0 Å². The highest BCUT2D eigenvalue weighted by Crippen LogP contribution is 2.10. The molecule has 1 aliphatic heterocycles. The van der Waals surface area contributed by atoms with Gasteiger partial charge in [-0.2, -0.15) is 0 Å². The second-order valence-electron chi connectivity index (χ2n) is 5.30. The van der Waals surface area contributed by atoms with E-state index in [1.165, 1.54) is 5.56 Å². The summed E-state index contributed by atoms with van der Waals surface area (Å²) in [6, 6.07) is 10.2. The lowest BCUT2D eigenvalue weighted by molar-refractivity contribution is -0.137. The zero-order valence-corrected chi connectivity index (χ0v) is 12.5. The summed E-state index contributed by atoms with van der Waals surface area (Å²) >= 11 is 0. The Bertz CT molecular complexity index is 415. The summed E-state index contributed by atoms with van der Waals surface area (Å²) < 4.78 is 0. The first-order valence-electron chi connectivity index (χ1n) is 7.50. The van der Waals surface area contributed by atoms with E-state index in [1.807, 2.05) is 36.9 Å². The van der Waals surface area contributed by atoms with Gasteiger partial charge in [-0.25, -0.2) is 0 Å². The van der Waals surface area contributed by atoms with Crippen molar-refractivity contribution in [1.29, 1.82) is 0 Å². The number of benzene rings is 1. The van der Waals surface area contributed by atoms with E-state index in [0.717, 1.165) is 32.7 Å². The van der Waals surface area contributed by atoms with E-state index < -0.39 is 0 Å². The van der Waals surface area contributed by atoms with Gasteiger partial charge in [0, 0.05) is 39.3 Å². The Morgan fingerprint density at radius 3 is 2.55 bits per heavy atom. The molecule has 0 radical (unpaired) electrons. The number of hydrogen-bond acceptors (Lipinski definition) is 3. The molecule has 1 aliphatic rings. The second-order valence-corrected chi connectivity index (χ2v) is 5.30. The zero-order chi connectivity index (χ0) is 14.4. The number of likely N-dealkylation sites (N-methyl/N-ethyl adjacent to an activating group) is 1. The molecule has 0 bridgehead atoms. The van der Waals surface area contributed by atoms with E-state index in [2.05, 4.69) is 22.3 Å². The third-order valence-corrected chi connectivity index (χ3v) is 3.97. The quantitative estimate of drug-likeness (QED) is 0.880. The minimum absolute atomic E-state index is 0.0271. The van der Waals surface area contributed by atoms with Crippen LogP contribution in [0.3, 0.4) is 0 Å². The van der Waals surface area contributed by atoms with Gasteiger partial charge in [-0.05, 0) is 19.4 Å². The van der Waals surface area contributed by atoms with Crippen molar-refractivity contribution in [2.24, 2.45) is 0 Å². The molecule has 1 unspecified atom stereocenters. The van der Waals surface area contributed by atoms with Crippen LogP contribution in [0.2, 0.25) is 0 Å². The molecule has 2 rings (SSSR count). The van der Waals surface area contributed by atoms with Gasteiger partial charge in [-0.3, -0.25) is 9.69 Å². The first-order valence-corrected chi connectivity index (χ1v) is 7.50. The van der Waals surface area contributed by atoms with Crippen LogP contribution in [0.25, 0.3) is 0 Å². The molecule has 1 amide bonds. The Morgan fingerprint density at radius 1 is 1.30 bits per heavy atom. The number of piperazine rings is 1. The predicted molar refractivity (Wildman–Crippen MR) is 81.4 cm³/mol. The van der Waals surface area contributed by atoms with E-state index in [-0.39, 0.29) is 11.9 Å². The predicted octanol–water partition coefficient (Wildman–Crippen LogP) is 1.33. The topological polar surface area (TPSA) is 35.6 Å². The maximum atomic E-state index is 12.6. The van der Waals surface area contributed by atoms with Crippen LogP contribution < -0.4 is 5.32 Å².